The minimum absolute atomic E-state index is 0.325. The number of benzene rings is 2. The van der Waals surface area contributed by atoms with E-state index in [1.54, 1.807) is 13.2 Å². The second-order valence-electron chi connectivity index (χ2n) is 3.82. The number of ether oxygens (including phenoxy) is 1. The lowest BCUT2D eigenvalue weighted by Crippen LogP contribution is -1.84. The molecule has 0 saturated heterocycles. The predicted molar refractivity (Wildman–Crippen MR) is 70.2 cm³/mol. The summed E-state index contributed by atoms with van der Waals surface area (Å²) in [6.07, 6.45) is 0. The van der Waals surface area contributed by atoms with E-state index in [1.165, 1.54) is 0 Å². The van der Waals surface area contributed by atoms with E-state index in [0.29, 0.717) is 5.75 Å². The maximum atomic E-state index is 9.54. The summed E-state index contributed by atoms with van der Waals surface area (Å²) in [4.78, 5) is 9.00. The van der Waals surface area contributed by atoms with Gasteiger partial charge in [0, 0.05) is 6.92 Å². The van der Waals surface area contributed by atoms with Crippen molar-refractivity contribution >= 4 is 16.7 Å². The molecule has 0 unspecified atom stereocenters. The first-order chi connectivity index (χ1) is 8.45. The lowest BCUT2D eigenvalue weighted by Gasteiger charge is -2.06. The Morgan fingerprint density at radius 3 is 2.33 bits per heavy atom. The van der Waals surface area contributed by atoms with Crippen LogP contribution in [0.2, 0.25) is 0 Å². The van der Waals surface area contributed by atoms with Crippen LogP contribution in [0.1, 0.15) is 12.5 Å². The lowest BCUT2D eigenvalue weighted by atomic mass is 10.0. The van der Waals surface area contributed by atoms with Gasteiger partial charge in [0.1, 0.15) is 11.5 Å². The molecular weight excluding hydrogens is 232 g/mol. The third kappa shape index (κ3) is 3.38. The van der Waals surface area contributed by atoms with E-state index in [0.717, 1.165) is 29.0 Å². The highest BCUT2D eigenvalue weighted by molar-refractivity contribution is 5.88. The van der Waals surface area contributed by atoms with Gasteiger partial charge in [0.05, 0.1) is 7.11 Å². The Kier molecular flexibility index (Phi) is 4.54. The van der Waals surface area contributed by atoms with Gasteiger partial charge >= 0.3 is 0 Å². The maximum absolute atomic E-state index is 9.54. The van der Waals surface area contributed by atoms with E-state index in [4.69, 9.17) is 14.6 Å². The fourth-order valence-electron chi connectivity index (χ4n) is 1.56. The molecule has 0 fully saturated rings. The smallest absolute Gasteiger partial charge is 0.300 e. The molecule has 4 heteroatoms. The Labute approximate surface area is 105 Å². The number of carbonyl (C=O) groups is 1. The van der Waals surface area contributed by atoms with Gasteiger partial charge in [-0.2, -0.15) is 0 Å². The van der Waals surface area contributed by atoms with E-state index in [-0.39, 0.29) is 0 Å². The Balaban J connectivity index is 0.000000357. The molecule has 2 aromatic rings. The van der Waals surface area contributed by atoms with Crippen molar-refractivity contribution in [2.24, 2.45) is 0 Å². The largest absolute Gasteiger partial charge is 0.508 e. The van der Waals surface area contributed by atoms with Crippen molar-refractivity contribution in [1.82, 2.24) is 0 Å². The van der Waals surface area contributed by atoms with Gasteiger partial charge in [0.15, 0.2) is 0 Å². The molecule has 2 aromatic carbocycles. The summed E-state index contributed by atoms with van der Waals surface area (Å²) in [6.45, 7) is 2.98. The van der Waals surface area contributed by atoms with Crippen LogP contribution in [-0.4, -0.2) is 23.3 Å². The van der Waals surface area contributed by atoms with Gasteiger partial charge < -0.3 is 14.9 Å². The van der Waals surface area contributed by atoms with Gasteiger partial charge in [-0.15, -0.1) is 0 Å². The minimum atomic E-state index is -0.833. The van der Waals surface area contributed by atoms with Crippen molar-refractivity contribution in [3.63, 3.8) is 0 Å². The Bertz CT molecular complexity index is 557. The summed E-state index contributed by atoms with van der Waals surface area (Å²) in [5.41, 5.74) is 0.890. The lowest BCUT2D eigenvalue weighted by molar-refractivity contribution is -0.134. The number of methoxy groups -OCH3 is 1. The van der Waals surface area contributed by atoms with Crippen LogP contribution in [0.25, 0.3) is 10.8 Å². The van der Waals surface area contributed by atoms with Crippen LogP contribution >= 0.6 is 0 Å². The fraction of sp³-hybridized carbons (Fsp3) is 0.214. The summed E-state index contributed by atoms with van der Waals surface area (Å²) in [5, 5.41) is 19.1. The highest BCUT2D eigenvalue weighted by Crippen LogP contribution is 2.28. The van der Waals surface area contributed by atoms with Crippen molar-refractivity contribution in [3.8, 4) is 11.5 Å². The third-order valence-electron chi connectivity index (χ3n) is 2.47. The normalized spacial score (nSPS) is 9.50. The number of aromatic hydroxyl groups is 1. The molecule has 0 bridgehead atoms. The van der Waals surface area contributed by atoms with Gasteiger partial charge in [-0.05, 0) is 41.5 Å². The number of aliphatic carboxylic acids is 1. The van der Waals surface area contributed by atoms with E-state index in [1.807, 2.05) is 31.2 Å². The van der Waals surface area contributed by atoms with E-state index >= 15 is 0 Å². The monoisotopic (exact) mass is 248 g/mol. The Morgan fingerprint density at radius 1 is 1.22 bits per heavy atom. The zero-order chi connectivity index (χ0) is 13.7. The topological polar surface area (TPSA) is 66.8 Å². The average Bonchev–Trinajstić information content (AvgIpc) is 2.33. The molecule has 2 rings (SSSR count). The van der Waals surface area contributed by atoms with Gasteiger partial charge in [-0.3, -0.25) is 4.79 Å². The van der Waals surface area contributed by atoms with Gasteiger partial charge in [0.2, 0.25) is 0 Å². The first kappa shape index (κ1) is 13.8. The van der Waals surface area contributed by atoms with Crippen LogP contribution < -0.4 is 4.74 Å². The molecule has 0 aromatic heterocycles. The SMILES string of the molecule is CC(=O)O.COc1ccc2ccc(O)c(C)c2c1. The molecule has 0 spiro atoms. The van der Waals surface area contributed by atoms with Crippen molar-refractivity contribution in [3.05, 3.63) is 35.9 Å². The highest BCUT2D eigenvalue weighted by atomic mass is 16.5. The van der Waals surface area contributed by atoms with Crippen molar-refractivity contribution in [1.29, 1.82) is 0 Å². The maximum Gasteiger partial charge on any atom is 0.300 e. The predicted octanol–water partition coefficient (Wildman–Crippen LogP) is 2.95. The zero-order valence-electron chi connectivity index (χ0n) is 10.6. The summed E-state index contributed by atoms with van der Waals surface area (Å²) >= 11 is 0. The number of phenolic OH excluding ortho intramolecular Hbond substituents is 1. The second-order valence-corrected chi connectivity index (χ2v) is 3.82. The summed E-state index contributed by atoms with van der Waals surface area (Å²) < 4.78 is 5.14. The molecule has 96 valence electrons. The molecule has 0 aliphatic carbocycles. The molecule has 0 aliphatic rings. The van der Waals surface area contributed by atoms with Crippen LogP contribution in [0.4, 0.5) is 0 Å². The average molecular weight is 248 g/mol. The number of hydrogen-bond acceptors (Lipinski definition) is 3. The van der Waals surface area contributed by atoms with E-state index in [9.17, 15) is 5.11 Å². The summed E-state index contributed by atoms with van der Waals surface area (Å²) in [5.74, 6) is 0.303. The van der Waals surface area contributed by atoms with Crippen molar-refractivity contribution in [2.75, 3.05) is 7.11 Å². The Morgan fingerprint density at radius 2 is 1.78 bits per heavy atom. The summed E-state index contributed by atoms with van der Waals surface area (Å²) in [7, 11) is 1.64. The quantitative estimate of drug-likeness (QED) is 0.814. The third-order valence-corrected chi connectivity index (χ3v) is 2.47. The van der Waals surface area contributed by atoms with Gasteiger partial charge in [-0.1, -0.05) is 12.1 Å². The molecular formula is C14H16O4. The second kappa shape index (κ2) is 5.91. The minimum Gasteiger partial charge on any atom is -0.508 e. The zero-order valence-corrected chi connectivity index (χ0v) is 10.6. The van der Waals surface area contributed by atoms with Crippen LogP contribution in [0.3, 0.4) is 0 Å². The van der Waals surface area contributed by atoms with E-state index < -0.39 is 5.97 Å². The number of aryl methyl sites for hydroxylation is 1. The first-order valence-corrected chi connectivity index (χ1v) is 5.41. The first-order valence-electron chi connectivity index (χ1n) is 5.41. The number of carboxylic acids is 1. The van der Waals surface area contributed by atoms with Crippen LogP contribution in [0.5, 0.6) is 11.5 Å². The van der Waals surface area contributed by atoms with Crippen LogP contribution in [-0.2, 0) is 4.79 Å². The molecule has 0 heterocycles. The Hall–Kier alpha value is -2.23. The van der Waals surface area contributed by atoms with E-state index in [2.05, 4.69) is 0 Å². The number of phenols is 1. The number of hydrogen-bond donors (Lipinski definition) is 2. The molecule has 18 heavy (non-hydrogen) atoms. The molecule has 0 atom stereocenters. The molecule has 0 saturated carbocycles. The fourth-order valence-corrected chi connectivity index (χ4v) is 1.56. The van der Waals surface area contributed by atoms with Gasteiger partial charge in [-0.25, -0.2) is 0 Å². The molecule has 0 radical (unpaired) electrons. The van der Waals surface area contributed by atoms with Crippen LogP contribution in [0, 0.1) is 6.92 Å². The summed E-state index contributed by atoms with van der Waals surface area (Å²) in [6, 6.07) is 9.45. The van der Waals surface area contributed by atoms with Crippen molar-refractivity contribution in [2.45, 2.75) is 13.8 Å². The molecule has 4 nitrogen and oxygen atoms in total. The number of rotatable bonds is 1. The standard InChI is InChI=1S/C12H12O2.C2H4O2/c1-8-11-7-10(14-2)5-3-9(11)4-6-12(8)13;1-2(3)4/h3-7,13H,1-2H3;1H3,(H,3,4). The highest BCUT2D eigenvalue weighted by Gasteiger charge is 2.02. The number of fused-ring (bicyclic) bond motifs is 1. The number of carboxylic acid groups (broad SMARTS) is 1. The van der Waals surface area contributed by atoms with Crippen molar-refractivity contribution < 1.29 is 19.7 Å². The van der Waals surface area contributed by atoms with Crippen LogP contribution in [0.15, 0.2) is 30.3 Å². The molecule has 0 aliphatic heterocycles. The molecule has 0 amide bonds. The molecule has 2 N–H and O–H groups in total. The van der Waals surface area contributed by atoms with Gasteiger partial charge in [0.25, 0.3) is 5.97 Å².